The molecular weight excluding hydrogens is 148 g/mol. The number of aryl methyl sites for hydroxylation is 3. The van der Waals surface area contributed by atoms with Crippen LogP contribution in [0, 0.1) is 13.8 Å². The van der Waals surface area contributed by atoms with Crippen LogP contribution in [0.5, 0.6) is 0 Å². The first kappa shape index (κ1) is 9.20. The van der Waals surface area contributed by atoms with Crippen molar-refractivity contribution >= 4 is 0 Å². The Hall–Kier alpha value is -0.890. The quantitative estimate of drug-likeness (QED) is 0.736. The fraction of sp³-hybridized carbons (Fsp3) is 0.500. The van der Waals surface area contributed by atoms with Crippen LogP contribution < -0.4 is 5.73 Å². The predicted molar refractivity (Wildman–Crippen MR) is 51.1 cm³/mol. The minimum absolute atomic E-state index is 0.757. The molecule has 0 amide bonds. The molecule has 66 valence electrons. The molecule has 0 unspecified atom stereocenters. The number of nitrogens with zero attached hydrogens (tertiary/aromatic N) is 1. The van der Waals surface area contributed by atoms with E-state index < -0.39 is 0 Å². The summed E-state index contributed by atoms with van der Waals surface area (Å²) < 4.78 is 0. The van der Waals surface area contributed by atoms with E-state index in [1.165, 1.54) is 11.1 Å². The molecule has 0 bridgehead atoms. The van der Waals surface area contributed by atoms with Gasteiger partial charge >= 0.3 is 0 Å². The molecule has 1 rings (SSSR count). The molecule has 0 aromatic carbocycles. The smallest absolute Gasteiger partial charge is 0.0375 e. The first-order chi connectivity index (χ1) is 5.74. The second kappa shape index (κ2) is 4.21. The van der Waals surface area contributed by atoms with Gasteiger partial charge in [0.2, 0.25) is 0 Å². The molecule has 12 heavy (non-hydrogen) atoms. The Morgan fingerprint density at radius 3 is 2.75 bits per heavy atom. The minimum atomic E-state index is 0.757. The Morgan fingerprint density at radius 1 is 1.42 bits per heavy atom. The number of pyridine rings is 1. The fourth-order valence-corrected chi connectivity index (χ4v) is 1.28. The van der Waals surface area contributed by atoms with Gasteiger partial charge in [0.25, 0.3) is 0 Å². The van der Waals surface area contributed by atoms with Crippen molar-refractivity contribution in [3.05, 3.63) is 29.1 Å². The first-order valence-corrected chi connectivity index (χ1v) is 4.36. The summed E-state index contributed by atoms with van der Waals surface area (Å²) in [5, 5.41) is 0. The number of nitrogens with two attached hydrogens (primary N) is 1. The molecule has 2 heteroatoms. The van der Waals surface area contributed by atoms with Gasteiger partial charge in [0.05, 0.1) is 0 Å². The van der Waals surface area contributed by atoms with Crippen molar-refractivity contribution in [3.63, 3.8) is 0 Å². The summed E-state index contributed by atoms with van der Waals surface area (Å²) in [7, 11) is 0. The van der Waals surface area contributed by atoms with Crippen molar-refractivity contribution < 1.29 is 0 Å². The highest BCUT2D eigenvalue weighted by Crippen LogP contribution is 2.09. The van der Waals surface area contributed by atoms with Crippen molar-refractivity contribution in [1.82, 2.24) is 4.98 Å². The zero-order chi connectivity index (χ0) is 8.97. The highest BCUT2D eigenvalue weighted by Gasteiger charge is 1.97. The second-order valence-electron chi connectivity index (χ2n) is 3.14. The average Bonchev–Trinajstić information content (AvgIpc) is 2.03. The SMILES string of the molecule is Cc1cc(C)c(CCCN)cn1. The topological polar surface area (TPSA) is 38.9 Å². The summed E-state index contributed by atoms with van der Waals surface area (Å²) in [6, 6.07) is 2.12. The highest BCUT2D eigenvalue weighted by atomic mass is 14.7. The van der Waals surface area contributed by atoms with Crippen LogP contribution in [0.1, 0.15) is 23.2 Å². The van der Waals surface area contributed by atoms with E-state index in [0.29, 0.717) is 0 Å². The van der Waals surface area contributed by atoms with Gasteiger partial charge in [-0.3, -0.25) is 4.98 Å². The second-order valence-corrected chi connectivity index (χ2v) is 3.14. The summed E-state index contributed by atoms with van der Waals surface area (Å²) in [6.45, 7) is 4.90. The Morgan fingerprint density at radius 2 is 2.17 bits per heavy atom. The lowest BCUT2D eigenvalue weighted by molar-refractivity contribution is 0.822. The molecule has 0 saturated carbocycles. The standard InChI is InChI=1S/C10H16N2/c1-8-6-9(2)12-7-10(8)4-3-5-11/h6-7H,3-5,11H2,1-2H3. The van der Waals surface area contributed by atoms with Gasteiger partial charge < -0.3 is 5.73 Å². The van der Waals surface area contributed by atoms with Crippen molar-refractivity contribution in [2.75, 3.05) is 6.54 Å². The van der Waals surface area contributed by atoms with E-state index in [9.17, 15) is 0 Å². The maximum Gasteiger partial charge on any atom is 0.0375 e. The van der Waals surface area contributed by atoms with Crippen LogP contribution in [0.3, 0.4) is 0 Å². The van der Waals surface area contributed by atoms with Crippen molar-refractivity contribution in [2.24, 2.45) is 5.73 Å². The van der Waals surface area contributed by atoms with Crippen molar-refractivity contribution in [2.45, 2.75) is 26.7 Å². The molecule has 1 aromatic heterocycles. The van der Waals surface area contributed by atoms with Gasteiger partial charge in [-0.25, -0.2) is 0 Å². The van der Waals surface area contributed by atoms with Gasteiger partial charge in [0.1, 0.15) is 0 Å². The third-order valence-electron chi connectivity index (χ3n) is 2.01. The van der Waals surface area contributed by atoms with E-state index in [0.717, 1.165) is 25.1 Å². The van der Waals surface area contributed by atoms with Gasteiger partial charge in [-0.2, -0.15) is 0 Å². The Labute approximate surface area is 73.8 Å². The maximum absolute atomic E-state index is 5.44. The minimum Gasteiger partial charge on any atom is -0.330 e. The van der Waals surface area contributed by atoms with E-state index in [-0.39, 0.29) is 0 Å². The van der Waals surface area contributed by atoms with E-state index in [4.69, 9.17) is 5.73 Å². The van der Waals surface area contributed by atoms with Crippen LogP contribution in [-0.4, -0.2) is 11.5 Å². The normalized spacial score (nSPS) is 10.2. The molecule has 0 aliphatic heterocycles. The monoisotopic (exact) mass is 164 g/mol. The van der Waals surface area contributed by atoms with E-state index in [1.54, 1.807) is 0 Å². The van der Waals surface area contributed by atoms with E-state index in [2.05, 4.69) is 18.0 Å². The van der Waals surface area contributed by atoms with Crippen LogP contribution in [0.4, 0.5) is 0 Å². The van der Waals surface area contributed by atoms with Gasteiger partial charge in [0, 0.05) is 11.9 Å². The molecule has 0 radical (unpaired) electrons. The maximum atomic E-state index is 5.44. The van der Waals surface area contributed by atoms with Crippen LogP contribution in [-0.2, 0) is 6.42 Å². The summed E-state index contributed by atoms with van der Waals surface area (Å²) in [6.07, 6.45) is 4.06. The largest absolute Gasteiger partial charge is 0.330 e. The number of rotatable bonds is 3. The van der Waals surface area contributed by atoms with Gasteiger partial charge in [-0.05, 0) is 50.4 Å². The van der Waals surface area contributed by atoms with Crippen LogP contribution in [0.25, 0.3) is 0 Å². The Bertz CT molecular complexity index is 256. The number of hydrogen-bond donors (Lipinski definition) is 1. The van der Waals surface area contributed by atoms with Crippen molar-refractivity contribution in [3.8, 4) is 0 Å². The molecule has 0 aliphatic carbocycles. The summed E-state index contributed by atoms with van der Waals surface area (Å²) >= 11 is 0. The molecule has 2 nitrogen and oxygen atoms in total. The third kappa shape index (κ3) is 2.31. The van der Waals surface area contributed by atoms with Gasteiger partial charge in [-0.15, -0.1) is 0 Å². The molecule has 0 spiro atoms. The number of hydrogen-bond acceptors (Lipinski definition) is 2. The van der Waals surface area contributed by atoms with Crippen LogP contribution >= 0.6 is 0 Å². The number of aromatic nitrogens is 1. The average molecular weight is 164 g/mol. The Kier molecular flexibility index (Phi) is 3.23. The molecular formula is C10H16N2. The Balaban J connectivity index is 2.72. The van der Waals surface area contributed by atoms with E-state index in [1.807, 2.05) is 13.1 Å². The highest BCUT2D eigenvalue weighted by molar-refractivity contribution is 5.24. The molecule has 0 fully saturated rings. The van der Waals surface area contributed by atoms with Crippen LogP contribution in [0.2, 0.25) is 0 Å². The lowest BCUT2D eigenvalue weighted by Gasteiger charge is -2.04. The van der Waals surface area contributed by atoms with Gasteiger partial charge in [-0.1, -0.05) is 0 Å². The molecule has 1 heterocycles. The molecule has 0 aliphatic rings. The summed E-state index contributed by atoms with van der Waals surface area (Å²) in [4.78, 5) is 4.25. The van der Waals surface area contributed by atoms with E-state index >= 15 is 0 Å². The van der Waals surface area contributed by atoms with Gasteiger partial charge in [0.15, 0.2) is 0 Å². The fourth-order valence-electron chi connectivity index (χ4n) is 1.28. The molecule has 1 aromatic rings. The molecule has 0 atom stereocenters. The predicted octanol–water partition coefficient (Wildman–Crippen LogP) is 1.59. The molecule has 2 N–H and O–H groups in total. The zero-order valence-corrected chi connectivity index (χ0v) is 7.80. The lowest BCUT2D eigenvalue weighted by Crippen LogP contribution is -2.02. The first-order valence-electron chi connectivity index (χ1n) is 4.36. The summed E-state index contributed by atoms with van der Waals surface area (Å²) in [5.41, 5.74) is 9.18. The molecule has 0 saturated heterocycles. The van der Waals surface area contributed by atoms with Crippen molar-refractivity contribution in [1.29, 1.82) is 0 Å². The third-order valence-corrected chi connectivity index (χ3v) is 2.01. The summed E-state index contributed by atoms with van der Waals surface area (Å²) in [5.74, 6) is 0. The van der Waals surface area contributed by atoms with Crippen LogP contribution in [0.15, 0.2) is 12.3 Å². The lowest BCUT2D eigenvalue weighted by atomic mass is 10.1. The zero-order valence-electron chi connectivity index (χ0n) is 7.80.